The summed E-state index contributed by atoms with van der Waals surface area (Å²) in [6, 6.07) is 18.0. The molecule has 1 unspecified atom stereocenters. The van der Waals surface area contributed by atoms with Crippen LogP contribution in [0.15, 0.2) is 78.7 Å². The Labute approximate surface area is 228 Å². The number of piperidine rings is 1. The predicted molar refractivity (Wildman–Crippen MR) is 149 cm³/mol. The predicted octanol–water partition coefficient (Wildman–Crippen LogP) is 6.08. The fourth-order valence-corrected chi connectivity index (χ4v) is 4.94. The van der Waals surface area contributed by atoms with Crippen molar-refractivity contribution in [1.29, 1.82) is 0 Å². The highest BCUT2D eigenvalue weighted by atomic mass is 16.5. The average Bonchev–Trinajstić information content (AvgIpc) is 3.47. The number of allylic oxidation sites excluding steroid dienone is 1. The van der Waals surface area contributed by atoms with E-state index in [1.165, 1.54) is 0 Å². The van der Waals surface area contributed by atoms with E-state index in [-0.39, 0.29) is 17.6 Å². The molecule has 8 heteroatoms. The maximum Gasteiger partial charge on any atom is 0.335 e. The number of aromatic nitrogens is 1. The number of amides is 1. The van der Waals surface area contributed by atoms with Gasteiger partial charge >= 0.3 is 5.97 Å². The summed E-state index contributed by atoms with van der Waals surface area (Å²) in [5.41, 5.74) is 2.46. The molecule has 1 atom stereocenters. The number of nitrogens with zero attached hydrogens (tertiary/aromatic N) is 2. The molecule has 1 saturated heterocycles. The van der Waals surface area contributed by atoms with Gasteiger partial charge in [0.05, 0.1) is 29.8 Å². The van der Waals surface area contributed by atoms with Crippen molar-refractivity contribution in [3.8, 4) is 5.75 Å². The lowest BCUT2D eigenvalue weighted by Crippen LogP contribution is -2.36. The first-order chi connectivity index (χ1) is 19.0. The molecular weight excluding hydrogens is 494 g/mol. The van der Waals surface area contributed by atoms with Crippen molar-refractivity contribution in [2.24, 2.45) is 5.92 Å². The molecule has 8 nitrogen and oxygen atoms in total. The van der Waals surface area contributed by atoms with Crippen LogP contribution >= 0.6 is 0 Å². The molecule has 39 heavy (non-hydrogen) atoms. The zero-order valence-electron chi connectivity index (χ0n) is 22.0. The van der Waals surface area contributed by atoms with E-state index in [4.69, 9.17) is 14.6 Å². The molecule has 2 aliphatic rings. The molecule has 1 aromatic heterocycles. The van der Waals surface area contributed by atoms with Crippen LogP contribution in [0, 0.1) is 5.92 Å². The Kier molecular flexibility index (Phi) is 8.10. The van der Waals surface area contributed by atoms with Gasteiger partial charge < -0.3 is 24.8 Å². The number of carbonyl (C=O) groups excluding carboxylic acids is 1. The second-order valence-electron chi connectivity index (χ2n) is 9.93. The monoisotopic (exact) mass is 527 g/mol. The Morgan fingerprint density at radius 3 is 2.59 bits per heavy atom. The van der Waals surface area contributed by atoms with Crippen LogP contribution in [0.3, 0.4) is 0 Å². The molecule has 2 aliphatic heterocycles. The lowest BCUT2D eigenvalue weighted by atomic mass is 9.98. The van der Waals surface area contributed by atoms with Crippen molar-refractivity contribution in [2.75, 3.05) is 29.9 Å². The van der Waals surface area contributed by atoms with Crippen LogP contribution in [0.2, 0.25) is 0 Å². The Bertz CT molecular complexity index is 1350. The largest absolute Gasteiger partial charge is 0.493 e. The number of hydrogen-bond acceptors (Lipinski definition) is 6. The third kappa shape index (κ3) is 6.57. The number of benzene rings is 2. The van der Waals surface area contributed by atoms with Crippen LogP contribution < -0.4 is 15.0 Å². The van der Waals surface area contributed by atoms with E-state index in [1.54, 1.807) is 36.5 Å². The van der Waals surface area contributed by atoms with E-state index in [2.05, 4.69) is 28.2 Å². The lowest BCUT2D eigenvalue weighted by molar-refractivity contribution is 0.0696. The van der Waals surface area contributed by atoms with Gasteiger partial charge in [0.15, 0.2) is 0 Å². The summed E-state index contributed by atoms with van der Waals surface area (Å²) in [5.74, 6) is 1.71. The normalized spacial score (nSPS) is 17.3. The number of carboxylic acid groups (broad SMARTS) is 1. The Morgan fingerprint density at radius 2 is 1.87 bits per heavy atom. The SMILES string of the molecule is CCC1=CCC(c2cccc(C(=O)Nc3ccc(N4CCC(COc5cccc(C(=O)O)c5)CC4)nc3)c2)O1. The molecule has 3 aromatic rings. The second kappa shape index (κ2) is 12.0. The van der Waals surface area contributed by atoms with Crippen LogP contribution in [-0.2, 0) is 4.74 Å². The molecule has 1 fully saturated rings. The Hall–Kier alpha value is -4.33. The third-order valence-corrected chi connectivity index (χ3v) is 7.23. The molecule has 3 heterocycles. The number of carboxylic acids is 1. The number of aromatic carboxylic acids is 1. The van der Waals surface area contributed by atoms with Crippen LogP contribution in [0.5, 0.6) is 5.75 Å². The first-order valence-corrected chi connectivity index (χ1v) is 13.4. The molecule has 1 amide bonds. The topological polar surface area (TPSA) is 101 Å². The quantitative estimate of drug-likeness (QED) is 0.348. The van der Waals surface area contributed by atoms with Crippen molar-refractivity contribution in [3.05, 3.63) is 95.4 Å². The maximum absolute atomic E-state index is 12.9. The Balaban J connectivity index is 1.10. The van der Waals surface area contributed by atoms with Crippen molar-refractivity contribution >= 4 is 23.4 Å². The number of ether oxygens (including phenoxy) is 2. The van der Waals surface area contributed by atoms with Gasteiger partial charge in [-0.2, -0.15) is 0 Å². The van der Waals surface area contributed by atoms with E-state index >= 15 is 0 Å². The first kappa shape index (κ1) is 26.3. The van der Waals surface area contributed by atoms with Gasteiger partial charge in [-0.3, -0.25) is 4.79 Å². The van der Waals surface area contributed by atoms with Crippen LogP contribution in [0.25, 0.3) is 0 Å². The summed E-state index contributed by atoms with van der Waals surface area (Å²) in [5, 5.41) is 12.1. The zero-order valence-corrected chi connectivity index (χ0v) is 22.0. The van der Waals surface area contributed by atoms with Crippen molar-refractivity contribution in [1.82, 2.24) is 4.98 Å². The number of nitrogens with one attached hydrogen (secondary N) is 1. The summed E-state index contributed by atoms with van der Waals surface area (Å²) in [4.78, 5) is 30.9. The molecule has 2 aromatic carbocycles. The van der Waals surface area contributed by atoms with Gasteiger partial charge in [-0.05, 0) is 72.9 Å². The number of anilines is 2. The fourth-order valence-electron chi connectivity index (χ4n) is 4.94. The molecule has 0 aliphatic carbocycles. The summed E-state index contributed by atoms with van der Waals surface area (Å²) in [6.45, 7) is 4.33. The van der Waals surface area contributed by atoms with Crippen molar-refractivity contribution in [2.45, 2.75) is 38.7 Å². The highest BCUT2D eigenvalue weighted by Gasteiger charge is 2.22. The lowest BCUT2D eigenvalue weighted by Gasteiger charge is -2.32. The average molecular weight is 528 g/mol. The van der Waals surface area contributed by atoms with Crippen molar-refractivity contribution in [3.63, 3.8) is 0 Å². The molecule has 0 spiro atoms. The number of hydrogen-bond donors (Lipinski definition) is 2. The summed E-state index contributed by atoms with van der Waals surface area (Å²) >= 11 is 0. The molecular formula is C31H33N3O5. The number of carbonyl (C=O) groups is 2. The maximum atomic E-state index is 12.9. The summed E-state index contributed by atoms with van der Waals surface area (Å²) < 4.78 is 11.8. The van der Waals surface area contributed by atoms with Gasteiger partial charge in [0.1, 0.15) is 17.7 Å². The minimum atomic E-state index is -0.960. The second-order valence-corrected chi connectivity index (χ2v) is 9.93. The highest BCUT2D eigenvalue weighted by Crippen LogP contribution is 2.32. The molecule has 202 valence electrons. The minimum Gasteiger partial charge on any atom is -0.493 e. The van der Waals surface area contributed by atoms with Gasteiger partial charge in [-0.1, -0.05) is 25.1 Å². The molecule has 5 rings (SSSR count). The van der Waals surface area contributed by atoms with E-state index in [0.29, 0.717) is 29.5 Å². The first-order valence-electron chi connectivity index (χ1n) is 13.4. The standard InChI is InChI=1S/C31H33N3O5/c1-2-26-10-11-28(39-26)22-5-3-6-23(17-22)30(35)33-25-9-12-29(32-19-25)34-15-13-21(14-16-34)20-38-27-8-4-7-24(18-27)31(36)37/h3-10,12,17-19,21,28H,2,11,13-16,20H2,1H3,(H,33,35)(H,36,37). The Morgan fingerprint density at radius 1 is 1.08 bits per heavy atom. The minimum absolute atomic E-state index is 0.0347. The number of rotatable bonds is 9. The van der Waals surface area contributed by atoms with E-state index in [0.717, 1.165) is 55.9 Å². The van der Waals surface area contributed by atoms with Crippen molar-refractivity contribution < 1.29 is 24.2 Å². The highest BCUT2D eigenvalue weighted by molar-refractivity contribution is 6.04. The molecule has 0 saturated carbocycles. The molecule has 0 radical (unpaired) electrons. The number of pyridine rings is 1. The van der Waals surface area contributed by atoms with Gasteiger partial charge in [0.25, 0.3) is 5.91 Å². The third-order valence-electron chi connectivity index (χ3n) is 7.23. The van der Waals surface area contributed by atoms with Gasteiger partial charge in [-0.25, -0.2) is 9.78 Å². The van der Waals surface area contributed by atoms with E-state index in [9.17, 15) is 9.59 Å². The van der Waals surface area contributed by atoms with Crippen LogP contribution in [0.1, 0.15) is 65.0 Å². The summed E-state index contributed by atoms with van der Waals surface area (Å²) in [7, 11) is 0. The van der Waals surface area contributed by atoms with E-state index in [1.807, 2.05) is 30.3 Å². The van der Waals surface area contributed by atoms with E-state index < -0.39 is 5.97 Å². The van der Waals surface area contributed by atoms with Crippen LogP contribution in [-0.4, -0.2) is 41.7 Å². The summed E-state index contributed by atoms with van der Waals surface area (Å²) in [6.07, 6.45) is 7.38. The van der Waals surface area contributed by atoms with Gasteiger partial charge in [0, 0.05) is 31.5 Å². The smallest absolute Gasteiger partial charge is 0.335 e. The fraction of sp³-hybridized carbons (Fsp3) is 0.323. The van der Waals surface area contributed by atoms with Gasteiger partial charge in [0.2, 0.25) is 0 Å². The molecule has 0 bridgehead atoms. The zero-order chi connectivity index (χ0) is 27.2. The van der Waals surface area contributed by atoms with Crippen LogP contribution in [0.4, 0.5) is 11.5 Å². The van der Waals surface area contributed by atoms with Gasteiger partial charge in [-0.15, -0.1) is 0 Å². The molecule has 2 N–H and O–H groups in total.